The molecule has 2 amide bonds. The monoisotopic (exact) mass is 565 g/mol. The van der Waals surface area contributed by atoms with E-state index in [1.54, 1.807) is 42.5 Å². The van der Waals surface area contributed by atoms with E-state index in [1.165, 1.54) is 11.8 Å². The molecule has 38 heavy (non-hydrogen) atoms. The Hall–Kier alpha value is -2.98. The van der Waals surface area contributed by atoms with Gasteiger partial charge in [-0.3, -0.25) is 13.9 Å². The molecule has 0 bridgehead atoms. The average Bonchev–Trinajstić information content (AvgIpc) is 2.92. The molecule has 0 fully saturated rings. The maximum absolute atomic E-state index is 13.9. The van der Waals surface area contributed by atoms with Gasteiger partial charge in [-0.1, -0.05) is 37.6 Å². The molecule has 2 aromatic rings. The minimum Gasteiger partial charge on any atom is -0.486 e. The van der Waals surface area contributed by atoms with Crippen LogP contribution in [0.15, 0.2) is 42.5 Å². The molecule has 11 heteroatoms. The molecule has 0 saturated heterocycles. The van der Waals surface area contributed by atoms with Crippen molar-refractivity contribution in [2.24, 2.45) is 0 Å². The fraction of sp³-hybridized carbons (Fsp3) is 0.481. The molecule has 0 unspecified atom stereocenters. The Balaban J connectivity index is 1.97. The number of carbonyl (C=O) groups excluding carboxylic acids is 2. The summed E-state index contributed by atoms with van der Waals surface area (Å²) >= 11 is 6.04. The first kappa shape index (κ1) is 29.6. The number of sulfonamides is 1. The summed E-state index contributed by atoms with van der Waals surface area (Å²) in [6.45, 7) is 7.58. The quantitative estimate of drug-likeness (QED) is 0.417. The van der Waals surface area contributed by atoms with Gasteiger partial charge < -0.3 is 19.7 Å². The Bertz CT molecular complexity index is 1220. The van der Waals surface area contributed by atoms with E-state index in [9.17, 15) is 18.0 Å². The number of carbonyl (C=O) groups is 2. The first-order chi connectivity index (χ1) is 18.1. The fourth-order valence-corrected chi connectivity index (χ4v) is 5.23. The molecule has 0 radical (unpaired) electrons. The van der Waals surface area contributed by atoms with Crippen LogP contribution >= 0.6 is 11.6 Å². The number of rotatable bonds is 12. The fourth-order valence-electron chi connectivity index (χ4n) is 4.05. The molecule has 0 aromatic heterocycles. The second-order valence-electron chi connectivity index (χ2n) is 9.13. The molecule has 9 nitrogen and oxygen atoms in total. The Labute approximate surface area is 230 Å². The van der Waals surface area contributed by atoms with Gasteiger partial charge >= 0.3 is 0 Å². The lowest BCUT2D eigenvalue weighted by atomic mass is 10.1. The van der Waals surface area contributed by atoms with E-state index in [0.717, 1.165) is 16.3 Å². The van der Waals surface area contributed by atoms with Crippen LogP contribution in [0.5, 0.6) is 11.5 Å². The molecule has 1 aliphatic rings. The zero-order chi connectivity index (χ0) is 27.9. The van der Waals surface area contributed by atoms with Crippen LogP contribution in [-0.2, 0) is 26.2 Å². The largest absolute Gasteiger partial charge is 0.486 e. The van der Waals surface area contributed by atoms with Crippen LogP contribution in [-0.4, -0.2) is 62.7 Å². The van der Waals surface area contributed by atoms with Crippen molar-refractivity contribution >= 4 is 39.1 Å². The summed E-state index contributed by atoms with van der Waals surface area (Å²) in [7, 11) is -3.85. The predicted molar refractivity (Wildman–Crippen MR) is 148 cm³/mol. The molecule has 0 aliphatic carbocycles. The number of anilines is 1. The van der Waals surface area contributed by atoms with E-state index in [-0.39, 0.29) is 29.9 Å². The lowest BCUT2D eigenvalue weighted by Crippen LogP contribution is -2.53. The average molecular weight is 566 g/mol. The Kier molecular flexibility index (Phi) is 10.3. The highest BCUT2D eigenvalue weighted by Crippen LogP contribution is 2.35. The van der Waals surface area contributed by atoms with Gasteiger partial charge in [0.25, 0.3) is 0 Å². The zero-order valence-corrected chi connectivity index (χ0v) is 23.8. The highest BCUT2D eigenvalue weighted by atomic mass is 35.5. The Morgan fingerprint density at radius 2 is 1.66 bits per heavy atom. The summed E-state index contributed by atoms with van der Waals surface area (Å²) in [5.74, 6) is -0.0731. The van der Waals surface area contributed by atoms with Crippen LogP contribution in [0.3, 0.4) is 0 Å². The number of benzene rings is 2. The molecular weight excluding hydrogens is 530 g/mol. The summed E-state index contributed by atoms with van der Waals surface area (Å²) in [5, 5.41) is 3.50. The van der Waals surface area contributed by atoms with Gasteiger partial charge in [-0.25, -0.2) is 8.42 Å². The number of fused-ring (bicyclic) bond motifs is 1. The molecule has 2 atom stereocenters. The van der Waals surface area contributed by atoms with E-state index in [2.05, 4.69) is 5.32 Å². The number of hydrogen-bond donors (Lipinski definition) is 1. The van der Waals surface area contributed by atoms with Crippen LogP contribution < -0.4 is 19.1 Å². The third-order valence-electron chi connectivity index (χ3n) is 6.45. The zero-order valence-electron chi connectivity index (χ0n) is 22.3. The smallest absolute Gasteiger partial charge is 0.244 e. The van der Waals surface area contributed by atoms with Gasteiger partial charge in [-0.05, 0) is 56.5 Å². The van der Waals surface area contributed by atoms with Gasteiger partial charge in [0.2, 0.25) is 21.8 Å². The van der Waals surface area contributed by atoms with Gasteiger partial charge in [-0.2, -0.15) is 0 Å². The van der Waals surface area contributed by atoms with Crippen LogP contribution in [0.25, 0.3) is 0 Å². The standard InChI is InChI=1S/C27H36ClN3O6S/c1-5-19(4)29-27(33)23(6-2)30(17-20-8-10-21(28)11-9-20)26(32)18-31(38(34,35)7-3)22-12-13-24-25(16-22)37-15-14-36-24/h8-13,16,19,23H,5-7,14-15,17-18H2,1-4H3,(H,29,33)/t19-,23+/m0/s1. The van der Waals surface area contributed by atoms with Crippen molar-refractivity contribution < 1.29 is 27.5 Å². The highest BCUT2D eigenvalue weighted by Gasteiger charge is 2.33. The van der Waals surface area contributed by atoms with E-state index >= 15 is 0 Å². The van der Waals surface area contributed by atoms with Crippen LogP contribution in [0.2, 0.25) is 5.02 Å². The summed E-state index contributed by atoms with van der Waals surface area (Å²) in [4.78, 5) is 28.5. The van der Waals surface area contributed by atoms with Crippen molar-refractivity contribution in [2.75, 3.05) is 29.8 Å². The predicted octanol–water partition coefficient (Wildman–Crippen LogP) is 3.99. The van der Waals surface area contributed by atoms with Crippen molar-refractivity contribution in [1.82, 2.24) is 10.2 Å². The van der Waals surface area contributed by atoms with Crippen molar-refractivity contribution in [1.29, 1.82) is 0 Å². The number of halogens is 1. The topological polar surface area (TPSA) is 105 Å². The lowest BCUT2D eigenvalue weighted by molar-refractivity contribution is -0.140. The molecule has 0 spiro atoms. The molecular formula is C27H36ClN3O6S. The van der Waals surface area contributed by atoms with Gasteiger partial charge in [0.1, 0.15) is 25.8 Å². The highest BCUT2D eigenvalue weighted by molar-refractivity contribution is 7.92. The summed E-state index contributed by atoms with van der Waals surface area (Å²) < 4.78 is 38.6. The van der Waals surface area contributed by atoms with Gasteiger partial charge in [0.05, 0.1) is 11.4 Å². The number of nitrogens with zero attached hydrogens (tertiary/aromatic N) is 2. The number of amides is 2. The maximum atomic E-state index is 13.9. The van der Waals surface area contributed by atoms with Crippen molar-refractivity contribution in [3.05, 3.63) is 53.1 Å². The minimum atomic E-state index is -3.85. The molecule has 0 saturated carbocycles. The van der Waals surface area contributed by atoms with E-state index in [1.807, 2.05) is 20.8 Å². The lowest BCUT2D eigenvalue weighted by Gasteiger charge is -2.34. The maximum Gasteiger partial charge on any atom is 0.244 e. The van der Waals surface area contributed by atoms with Crippen LogP contribution in [0, 0.1) is 0 Å². The SMILES string of the molecule is CC[C@H](C(=O)N[C@@H](C)CC)N(Cc1ccc(Cl)cc1)C(=O)CN(c1ccc2c(c1)OCCO2)S(=O)(=O)CC. The minimum absolute atomic E-state index is 0.0706. The molecule has 1 heterocycles. The normalized spacial score (nSPS) is 14.3. The number of hydrogen-bond acceptors (Lipinski definition) is 6. The molecule has 2 aromatic carbocycles. The van der Waals surface area contributed by atoms with Crippen molar-refractivity contribution in [3.8, 4) is 11.5 Å². The summed E-state index contributed by atoms with van der Waals surface area (Å²) in [6, 6.07) is 10.9. The Morgan fingerprint density at radius 1 is 1.00 bits per heavy atom. The third kappa shape index (κ3) is 7.32. The number of nitrogens with one attached hydrogen (secondary N) is 1. The van der Waals surface area contributed by atoms with E-state index in [4.69, 9.17) is 21.1 Å². The van der Waals surface area contributed by atoms with E-state index < -0.39 is 28.5 Å². The van der Waals surface area contributed by atoms with Gasteiger partial charge in [-0.15, -0.1) is 0 Å². The van der Waals surface area contributed by atoms with Gasteiger partial charge in [0.15, 0.2) is 11.5 Å². The van der Waals surface area contributed by atoms with Crippen molar-refractivity contribution in [2.45, 2.75) is 59.2 Å². The number of ether oxygens (including phenoxy) is 2. The summed E-state index contributed by atoms with van der Waals surface area (Å²) in [6.07, 6.45) is 1.09. The second-order valence-corrected chi connectivity index (χ2v) is 11.7. The second kappa shape index (κ2) is 13.2. The molecule has 3 rings (SSSR count). The van der Waals surface area contributed by atoms with Crippen molar-refractivity contribution in [3.63, 3.8) is 0 Å². The van der Waals surface area contributed by atoms with Crippen LogP contribution in [0.4, 0.5) is 5.69 Å². The van der Waals surface area contributed by atoms with E-state index in [0.29, 0.717) is 36.2 Å². The Morgan fingerprint density at radius 3 is 2.26 bits per heavy atom. The molecule has 1 N–H and O–H groups in total. The van der Waals surface area contributed by atoms with Gasteiger partial charge in [0, 0.05) is 23.7 Å². The summed E-state index contributed by atoms with van der Waals surface area (Å²) in [5.41, 5.74) is 1.05. The third-order valence-corrected chi connectivity index (χ3v) is 8.44. The molecule has 208 valence electrons. The molecule has 1 aliphatic heterocycles. The first-order valence-corrected chi connectivity index (χ1v) is 14.8. The van der Waals surface area contributed by atoms with Crippen LogP contribution in [0.1, 0.15) is 46.1 Å². The first-order valence-electron chi connectivity index (χ1n) is 12.8.